The molecule has 0 aliphatic carbocycles. The van der Waals surface area contributed by atoms with E-state index in [1.807, 2.05) is 0 Å². The number of hydrogen-bond acceptors (Lipinski definition) is 7. The number of nitrogens with two attached hydrogens (primary N) is 2. The molecule has 0 bridgehead atoms. The average molecular weight is 311 g/mol. The van der Waals surface area contributed by atoms with Gasteiger partial charge in [-0.15, -0.1) is 12.4 Å². The molecule has 2 rings (SSSR count). The van der Waals surface area contributed by atoms with Crippen LogP contribution in [0.3, 0.4) is 0 Å². The minimum Gasteiger partial charge on any atom is -0.389 e. The Morgan fingerprint density at radius 3 is 2.80 bits per heavy atom. The smallest absolute Gasteiger partial charge is 0.349 e. The van der Waals surface area contributed by atoms with Crippen LogP contribution in [0.4, 0.5) is 10.2 Å². The largest absolute Gasteiger partial charge is 0.389 e. The van der Waals surface area contributed by atoms with Crippen molar-refractivity contribution in [3.63, 3.8) is 0 Å². The zero-order valence-corrected chi connectivity index (χ0v) is 11.2. The van der Waals surface area contributed by atoms with Crippen LogP contribution in [-0.2, 0) is 11.3 Å². The van der Waals surface area contributed by atoms with Crippen LogP contribution in [0.25, 0.3) is 0 Å². The van der Waals surface area contributed by atoms with E-state index < -0.39 is 41.7 Å². The normalized spacial score (nSPS) is 29.8. The molecule has 0 aromatic carbocycles. The standard InChI is InChI=1S/C10H15FN4O4.ClH/c11-4-1-15(10(18)14-9(4)13)2-6-8(17)7(16)5(12)3-19-6;/h1,5-8,16-17H,2-3,12H2,(H2,13,14,18);1H/t5-,6-,7+,8-;/m1./s1. The molecule has 1 fully saturated rings. The average Bonchev–Trinajstić information content (AvgIpc) is 2.36. The molecule has 1 aliphatic heterocycles. The quantitative estimate of drug-likeness (QED) is 0.488. The number of aromatic nitrogens is 2. The third-order valence-electron chi connectivity index (χ3n) is 3.02. The first kappa shape index (κ1) is 16.8. The molecule has 0 amide bonds. The maximum Gasteiger partial charge on any atom is 0.349 e. The predicted octanol–water partition coefficient (Wildman–Crippen LogP) is -2.17. The Labute approximate surface area is 119 Å². The molecular formula is C10H16ClFN4O4. The number of halogens is 2. The Kier molecular flexibility index (Phi) is 5.42. The van der Waals surface area contributed by atoms with Gasteiger partial charge in [-0.05, 0) is 0 Å². The summed E-state index contributed by atoms with van der Waals surface area (Å²) in [4.78, 5) is 14.8. The monoisotopic (exact) mass is 310 g/mol. The highest BCUT2D eigenvalue weighted by atomic mass is 35.5. The zero-order chi connectivity index (χ0) is 14.2. The van der Waals surface area contributed by atoms with E-state index in [2.05, 4.69) is 4.98 Å². The van der Waals surface area contributed by atoms with Crippen molar-refractivity contribution in [2.75, 3.05) is 12.3 Å². The van der Waals surface area contributed by atoms with Gasteiger partial charge in [0.1, 0.15) is 12.2 Å². The van der Waals surface area contributed by atoms with Crippen molar-refractivity contribution in [1.82, 2.24) is 9.55 Å². The molecule has 8 nitrogen and oxygen atoms in total. The molecule has 0 radical (unpaired) electrons. The first-order chi connectivity index (χ1) is 8.90. The van der Waals surface area contributed by atoms with Gasteiger partial charge >= 0.3 is 5.69 Å². The lowest BCUT2D eigenvalue weighted by Crippen LogP contribution is -2.57. The summed E-state index contributed by atoms with van der Waals surface area (Å²) in [5, 5.41) is 19.4. The minimum atomic E-state index is -1.27. The van der Waals surface area contributed by atoms with Gasteiger partial charge in [-0.2, -0.15) is 4.98 Å². The molecule has 4 atom stereocenters. The van der Waals surface area contributed by atoms with Crippen LogP contribution < -0.4 is 17.2 Å². The second-order valence-electron chi connectivity index (χ2n) is 4.43. The number of hydrogen-bond donors (Lipinski definition) is 4. The summed E-state index contributed by atoms with van der Waals surface area (Å²) in [6.45, 7) is -0.128. The van der Waals surface area contributed by atoms with Gasteiger partial charge in [0.25, 0.3) is 0 Å². The topological polar surface area (TPSA) is 137 Å². The fourth-order valence-electron chi connectivity index (χ4n) is 1.87. The molecule has 1 saturated heterocycles. The van der Waals surface area contributed by atoms with E-state index in [1.54, 1.807) is 0 Å². The molecule has 1 aromatic heterocycles. The Morgan fingerprint density at radius 2 is 2.15 bits per heavy atom. The molecule has 0 spiro atoms. The summed E-state index contributed by atoms with van der Waals surface area (Å²) in [6.07, 6.45) is -2.43. The lowest BCUT2D eigenvalue weighted by molar-refractivity contribution is -0.148. The van der Waals surface area contributed by atoms with E-state index in [9.17, 15) is 19.4 Å². The maximum absolute atomic E-state index is 13.2. The van der Waals surface area contributed by atoms with Gasteiger partial charge in [0.05, 0.1) is 25.3 Å². The molecule has 1 aliphatic rings. The number of rotatable bonds is 2. The van der Waals surface area contributed by atoms with Gasteiger partial charge in [0.15, 0.2) is 11.6 Å². The molecule has 6 N–H and O–H groups in total. The summed E-state index contributed by atoms with van der Waals surface area (Å²) in [5.41, 5.74) is 9.89. The number of aliphatic hydroxyl groups is 2. The van der Waals surface area contributed by atoms with Crippen LogP contribution in [0, 0.1) is 5.82 Å². The SMILES string of the molecule is Cl.Nc1nc(=O)n(C[C@H]2OC[C@@H](N)[C@H](O)[C@@H]2O)cc1F. The zero-order valence-electron chi connectivity index (χ0n) is 10.3. The number of aliphatic hydroxyl groups excluding tert-OH is 2. The molecule has 10 heteroatoms. The van der Waals surface area contributed by atoms with Crippen LogP contribution in [0.1, 0.15) is 0 Å². The van der Waals surface area contributed by atoms with Crippen LogP contribution in [0.2, 0.25) is 0 Å². The van der Waals surface area contributed by atoms with Gasteiger partial charge in [-0.1, -0.05) is 0 Å². The fraction of sp³-hybridized carbons (Fsp3) is 0.600. The van der Waals surface area contributed by atoms with E-state index in [4.69, 9.17) is 16.2 Å². The second-order valence-corrected chi connectivity index (χ2v) is 4.43. The van der Waals surface area contributed by atoms with Crippen LogP contribution in [-0.4, -0.2) is 50.7 Å². The first-order valence-corrected chi connectivity index (χ1v) is 5.66. The number of ether oxygens (including phenoxy) is 1. The Morgan fingerprint density at radius 1 is 1.50 bits per heavy atom. The van der Waals surface area contributed by atoms with Crippen molar-refractivity contribution in [3.8, 4) is 0 Å². The molecule has 1 aromatic rings. The highest BCUT2D eigenvalue weighted by Crippen LogP contribution is 2.15. The second kappa shape index (κ2) is 6.46. The van der Waals surface area contributed by atoms with Crippen molar-refractivity contribution < 1.29 is 19.3 Å². The number of anilines is 1. The summed E-state index contributed by atoms with van der Waals surface area (Å²) in [5.74, 6) is -1.34. The number of nitrogen functional groups attached to an aromatic ring is 1. The highest BCUT2D eigenvalue weighted by molar-refractivity contribution is 5.85. The molecular weight excluding hydrogens is 295 g/mol. The van der Waals surface area contributed by atoms with Crippen LogP contribution in [0.15, 0.2) is 11.0 Å². The van der Waals surface area contributed by atoms with Gasteiger partial charge in [-0.3, -0.25) is 4.57 Å². The first-order valence-electron chi connectivity index (χ1n) is 5.66. The maximum atomic E-state index is 13.2. The van der Waals surface area contributed by atoms with Gasteiger partial charge in [0.2, 0.25) is 0 Å². The summed E-state index contributed by atoms with van der Waals surface area (Å²) in [6, 6.07) is -0.704. The third kappa shape index (κ3) is 3.25. The molecule has 20 heavy (non-hydrogen) atoms. The van der Waals surface area contributed by atoms with Crippen molar-refractivity contribution in [3.05, 3.63) is 22.5 Å². The molecule has 114 valence electrons. The highest BCUT2D eigenvalue weighted by Gasteiger charge is 2.36. The summed E-state index contributed by atoms with van der Waals surface area (Å²) < 4.78 is 19.4. The van der Waals surface area contributed by atoms with Gasteiger partial charge in [-0.25, -0.2) is 9.18 Å². The fourth-order valence-corrected chi connectivity index (χ4v) is 1.87. The van der Waals surface area contributed by atoms with Crippen molar-refractivity contribution in [2.45, 2.75) is 30.9 Å². The lowest BCUT2D eigenvalue weighted by atomic mass is 9.99. The van der Waals surface area contributed by atoms with E-state index in [-0.39, 0.29) is 25.6 Å². The van der Waals surface area contributed by atoms with Crippen molar-refractivity contribution in [1.29, 1.82) is 0 Å². The van der Waals surface area contributed by atoms with E-state index in [0.29, 0.717) is 0 Å². The lowest BCUT2D eigenvalue weighted by Gasteiger charge is -2.36. The van der Waals surface area contributed by atoms with E-state index >= 15 is 0 Å². The van der Waals surface area contributed by atoms with E-state index in [0.717, 1.165) is 10.8 Å². The molecule has 0 saturated carbocycles. The van der Waals surface area contributed by atoms with E-state index in [1.165, 1.54) is 0 Å². The Bertz CT molecular complexity index is 528. The predicted molar refractivity (Wildman–Crippen MR) is 69.8 cm³/mol. The van der Waals surface area contributed by atoms with Gasteiger partial charge in [0, 0.05) is 6.20 Å². The van der Waals surface area contributed by atoms with Crippen LogP contribution in [0.5, 0.6) is 0 Å². The van der Waals surface area contributed by atoms with Crippen molar-refractivity contribution in [2.24, 2.45) is 5.73 Å². The van der Waals surface area contributed by atoms with Crippen molar-refractivity contribution >= 4 is 18.2 Å². The number of nitrogens with zero attached hydrogens (tertiary/aromatic N) is 2. The Balaban J connectivity index is 0.00000200. The van der Waals surface area contributed by atoms with Gasteiger partial charge < -0.3 is 26.4 Å². The summed E-state index contributed by atoms with van der Waals surface area (Å²) >= 11 is 0. The third-order valence-corrected chi connectivity index (χ3v) is 3.02. The Hall–Kier alpha value is -1.26. The van der Waals surface area contributed by atoms with Crippen LogP contribution >= 0.6 is 12.4 Å². The summed E-state index contributed by atoms with van der Waals surface area (Å²) in [7, 11) is 0. The minimum absolute atomic E-state index is 0. The molecule has 0 unspecified atom stereocenters. The molecule has 2 heterocycles.